The molecule has 0 aromatic carbocycles. The molecule has 0 saturated carbocycles. The van der Waals surface area contributed by atoms with Crippen LogP contribution in [0.3, 0.4) is 0 Å². The molecule has 67 valence electrons. The average molecular weight is 155 g/mol. The molecule has 0 bridgehead atoms. The Morgan fingerprint density at radius 1 is 1.09 bits per heavy atom. The van der Waals surface area contributed by atoms with Crippen LogP contribution in [0.1, 0.15) is 53.4 Å². The van der Waals surface area contributed by atoms with E-state index in [1.165, 1.54) is 25.7 Å². The summed E-state index contributed by atoms with van der Waals surface area (Å²) in [6, 6.07) is 0. The lowest BCUT2D eigenvalue weighted by Crippen LogP contribution is -2.07. The van der Waals surface area contributed by atoms with E-state index in [0.29, 0.717) is 0 Å². The first-order valence-corrected chi connectivity index (χ1v) is 5.05. The van der Waals surface area contributed by atoms with E-state index >= 15 is 0 Å². The van der Waals surface area contributed by atoms with Gasteiger partial charge in [0, 0.05) is 0 Å². The molecule has 0 aliphatic carbocycles. The first kappa shape index (κ1) is 11.0. The van der Waals surface area contributed by atoms with Crippen molar-refractivity contribution >= 4 is 0 Å². The van der Waals surface area contributed by atoms with Crippen LogP contribution in [0.4, 0.5) is 0 Å². The highest BCUT2D eigenvalue weighted by atomic mass is 14.1. The van der Waals surface area contributed by atoms with Crippen molar-refractivity contribution in [2.45, 2.75) is 53.4 Å². The molecule has 0 heterocycles. The van der Waals surface area contributed by atoms with Gasteiger partial charge in [0.2, 0.25) is 0 Å². The molecule has 2 unspecified atom stereocenters. The van der Waals surface area contributed by atoms with Gasteiger partial charge in [0.15, 0.2) is 0 Å². The van der Waals surface area contributed by atoms with Gasteiger partial charge in [-0.1, -0.05) is 53.4 Å². The van der Waals surface area contributed by atoms with Crippen molar-refractivity contribution in [3.63, 3.8) is 0 Å². The molecule has 0 rings (SSSR count). The van der Waals surface area contributed by atoms with Gasteiger partial charge in [-0.05, 0) is 18.3 Å². The Morgan fingerprint density at radius 2 is 1.73 bits per heavy atom. The molecule has 0 aromatic heterocycles. The van der Waals surface area contributed by atoms with Crippen molar-refractivity contribution in [3.8, 4) is 0 Å². The van der Waals surface area contributed by atoms with Crippen LogP contribution in [0.5, 0.6) is 0 Å². The normalized spacial score (nSPS) is 16.4. The standard InChI is InChI=1S/C11H23/c1-5-7-9-11(4)10(3)8-6-2/h9-11H,5-8H2,1-4H3. The van der Waals surface area contributed by atoms with Gasteiger partial charge in [0.25, 0.3) is 0 Å². The highest BCUT2D eigenvalue weighted by Crippen LogP contribution is 2.20. The van der Waals surface area contributed by atoms with Crippen LogP contribution >= 0.6 is 0 Å². The van der Waals surface area contributed by atoms with Crippen molar-refractivity contribution in [1.82, 2.24) is 0 Å². The van der Waals surface area contributed by atoms with Crippen LogP contribution < -0.4 is 0 Å². The number of hydrogen-bond donors (Lipinski definition) is 0. The number of rotatable bonds is 6. The minimum Gasteiger partial charge on any atom is -0.0654 e. The largest absolute Gasteiger partial charge is 0.0654 e. The fourth-order valence-electron chi connectivity index (χ4n) is 1.38. The summed E-state index contributed by atoms with van der Waals surface area (Å²) in [4.78, 5) is 0. The summed E-state index contributed by atoms with van der Waals surface area (Å²) in [6.45, 7) is 9.22. The molecule has 0 aliphatic heterocycles. The second-order valence-corrected chi connectivity index (χ2v) is 3.65. The maximum absolute atomic E-state index is 2.47. The Balaban J connectivity index is 3.38. The average Bonchev–Trinajstić information content (AvgIpc) is 2.00. The summed E-state index contributed by atoms with van der Waals surface area (Å²) < 4.78 is 0. The van der Waals surface area contributed by atoms with E-state index in [2.05, 4.69) is 34.1 Å². The van der Waals surface area contributed by atoms with Crippen molar-refractivity contribution in [1.29, 1.82) is 0 Å². The summed E-state index contributed by atoms with van der Waals surface area (Å²) in [6.07, 6.45) is 7.76. The maximum Gasteiger partial charge on any atom is -0.0355 e. The van der Waals surface area contributed by atoms with Crippen LogP contribution in [0, 0.1) is 18.3 Å². The Labute approximate surface area is 72.4 Å². The predicted octanol–water partition coefficient (Wildman–Crippen LogP) is 4.06. The zero-order valence-corrected chi connectivity index (χ0v) is 8.56. The quantitative estimate of drug-likeness (QED) is 0.542. The summed E-state index contributed by atoms with van der Waals surface area (Å²) in [5.41, 5.74) is 0. The molecule has 0 nitrogen and oxygen atoms in total. The van der Waals surface area contributed by atoms with E-state index in [1.54, 1.807) is 0 Å². The first-order chi connectivity index (χ1) is 5.22. The smallest absolute Gasteiger partial charge is 0.0355 e. The van der Waals surface area contributed by atoms with Crippen LogP contribution in [0.25, 0.3) is 0 Å². The van der Waals surface area contributed by atoms with E-state index in [9.17, 15) is 0 Å². The monoisotopic (exact) mass is 155 g/mol. The number of unbranched alkanes of at least 4 members (excludes halogenated alkanes) is 1. The van der Waals surface area contributed by atoms with Gasteiger partial charge in [0.1, 0.15) is 0 Å². The summed E-state index contributed by atoms with van der Waals surface area (Å²) in [5, 5.41) is 0. The van der Waals surface area contributed by atoms with Gasteiger partial charge in [-0.25, -0.2) is 0 Å². The summed E-state index contributed by atoms with van der Waals surface area (Å²) in [7, 11) is 0. The highest BCUT2D eigenvalue weighted by Gasteiger charge is 2.09. The zero-order valence-electron chi connectivity index (χ0n) is 8.56. The van der Waals surface area contributed by atoms with E-state index < -0.39 is 0 Å². The van der Waals surface area contributed by atoms with E-state index in [0.717, 1.165) is 11.8 Å². The van der Waals surface area contributed by atoms with Crippen LogP contribution in [0.2, 0.25) is 0 Å². The van der Waals surface area contributed by atoms with Crippen molar-refractivity contribution in [2.24, 2.45) is 11.8 Å². The Hall–Kier alpha value is 0. The molecule has 1 radical (unpaired) electrons. The van der Waals surface area contributed by atoms with Crippen LogP contribution in [0.15, 0.2) is 0 Å². The molecule has 2 atom stereocenters. The lowest BCUT2D eigenvalue weighted by Gasteiger charge is -2.18. The third-order valence-electron chi connectivity index (χ3n) is 2.47. The molecule has 0 aromatic rings. The lowest BCUT2D eigenvalue weighted by molar-refractivity contribution is 0.393. The fourth-order valence-corrected chi connectivity index (χ4v) is 1.38. The van der Waals surface area contributed by atoms with E-state index in [4.69, 9.17) is 0 Å². The van der Waals surface area contributed by atoms with Gasteiger partial charge in [-0.3, -0.25) is 0 Å². The number of hydrogen-bond acceptors (Lipinski definition) is 0. The van der Waals surface area contributed by atoms with Gasteiger partial charge >= 0.3 is 0 Å². The Bertz CT molecular complexity index is 76.1. The fraction of sp³-hybridized carbons (Fsp3) is 0.909. The topological polar surface area (TPSA) is 0 Å². The molecule has 0 aliphatic rings. The predicted molar refractivity (Wildman–Crippen MR) is 52.4 cm³/mol. The van der Waals surface area contributed by atoms with Gasteiger partial charge in [-0.15, -0.1) is 0 Å². The molecule has 0 heteroatoms. The molecule has 0 amide bonds. The zero-order chi connectivity index (χ0) is 8.69. The van der Waals surface area contributed by atoms with Crippen molar-refractivity contribution < 1.29 is 0 Å². The molecule has 0 spiro atoms. The van der Waals surface area contributed by atoms with Gasteiger partial charge in [-0.2, -0.15) is 0 Å². The van der Waals surface area contributed by atoms with Crippen LogP contribution in [-0.2, 0) is 0 Å². The van der Waals surface area contributed by atoms with E-state index in [1.807, 2.05) is 0 Å². The van der Waals surface area contributed by atoms with Gasteiger partial charge < -0.3 is 0 Å². The SMILES string of the molecule is CCC[CH]C(C)C(C)CCC. The van der Waals surface area contributed by atoms with Crippen molar-refractivity contribution in [3.05, 3.63) is 6.42 Å². The second kappa shape index (κ2) is 6.69. The molecular weight excluding hydrogens is 132 g/mol. The lowest BCUT2D eigenvalue weighted by atomic mass is 9.88. The third-order valence-corrected chi connectivity index (χ3v) is 2.47. The van der Waals surface area contributed by atoms with Crippen molar-refractivity contribution in [2.75, 3.05) is 0 Å². The van der Waals surface area contributed by atoms with E-state index in [-0.39, 0.29) is 0 Å². The Kier molecular flexibility index (Phi) is 6.69. The third kappa shape index (κ3) is 5.29. The van der Waals surface area contributed by atoms with Crippen LogP contribution in [-0.4, -0.2) is 0 Å². The summed E-state index contributed by atoms with van der Waals surface area (Å²) in [5.74, 6) is 1.70. The minimum atomic E-state index is 0.815. The molecule has 0 N–H and O–H groups in total. The Morgan fingerprint density at radius 3 is 2.18 bits per heavy atom. The summed E-state index contributed by atoms with van der Waals surface area (Å²) >= 11 is 0. The maximum atomic E-state index is 2.47. The molecule has 11 heavy (non-hydrogen) atoms. The minimum absolute atomic E-state index is 0.815. The first-order valence-electron chi connectivity index (χ1n) is 5.05. The second-order valence-electron chi connectivity index (χ2n) is 3.65. The molecule has 0 saturated heterocycles. The molecular formula is C11H23. The van der Waals surface area contributed by atoms with Gasteiger partial charge in [0.05, 0.1) is 0 Å². The molecule has 0 fully saturated rings. The highest BCUT2D eigenvalue weighted by molar-refractivity contribution is 4.76.